The van der Waals surface area contributed by atoms with Gasteiger partial charge in [-0.2, -0.15) is 0 Å². The van der Waals surface area contributed by atoms with E-state index in [-0.39, 0.29) is 0 Å². The van der Waals surface area contributed by atoms with Gasteiger partial charge in [-0.05, 0) is 36.1 Å². The number of rotatable bonds is 1. The van der Waals surface area contributed by atoms with Crippen LogP contribution in [-0.2, 0) is 0 Å². The van der Waals surface area contributed by atoms with Crippen LogP contribution < -0.4 is 11.2 Å². The van der Waals surface area contributed by atoms with Crippen LogP contribution in [0.4, 0.5) is 0 Å². The molecule has 3 aromatic rings. The van der Waals surface area contributed by atoms with Gasteiger partial charge >= 0.3 is 5.69 Å². The molecule has 18 heavy (non-hydrogen) atoms. The standard InChI is InChI=1S/C12H9N3O2S/c1-7-4-6-18-11(7)15-9-8(3-2-5-13-9)10(16)14-12(15)17/h2-6H,1H3,(H,14,16,17). The van der Waals surface area contributed by atoms with Crippen molar-refractivity contribution in [1.29, 1.82) is 0 Å². The van der Waals surface area contributed by atoms with E-state index in [1.165, 1.54) is 15.9 Å². The highest BCUT2D eigenvalue weighted by molar-refractivity contribution is 7.12. The average molecular weight is 259 g/mol. The maximum absolute atomic E-state index is 12.0. The molecule has 1 N–H and O–H groups in total. The summed E-state index contributed by atoms with van der Waals surface area (Å²) < 4.78 is 1.44. The van der Waals surface area contributed by atoms with Crippen LogP contribution in [0.1, 0.15) is 5.56 Å². The number of aromatic nitrogens is 3. The summed E-state index contributed by atoms with van der Waals surface area (Å²) in [5, 5.41) is 3.08. The van der Waals surface area contributed by atoms with E-state index in [0.29, 0.717) is 11.0 Å². The molecule has 0 saturated carbocycles. The van der Waals surface area contributed by atoms with Gasteiger partial charge < -0.3 is 0 Å². The van der Waals surface area contributed by atoms with Crippen LogP contribution in [0.3, 0.4) is 0 Å². The molecule has 0 aliphatic rings. The third-order valence-electron chi connectivity index (χ3n) is 2.70. The molecule has 90 valence electrons. The number of pyridine rings is 1. The molecule has 3 heterocycles. The fourth-order valence-corrected chi connectivity index (χ4v) is 2.78. The molecule has 0 fully saturated rings. The van der Waals surface area contributed by atoms with Crippen LogP contribution in [-0.4, -0.2) is 14.5 Å². The molecule has 3 aromatic heterocycles. The van der Waals surface area contributed by atoms with Crippen molar-refractivity contribution in [2.24, 2.45) is 0 Å². The summed E-state index contributed by atoms with van der Waals surface area (Å²) in [7, 11) is 0. The van der Waals surface area contributed by atoms with Gasteiger partial charge in [-0.15, -0.1) is 11.3 Å². The molecule has 3 rings (SSSR count). The first-order chi connectivity index (χ1) is 8.68. The first kappa shape index (κ1) is 10.9. The molecule has 6 heteroatoms. The first-order valence-electron chi connectivity index (χ1n) is 5.33. The number of aromatic amines is 1. The molecule has 0 bridgehead atoms. The SMILES string of the molecule is Cc1ccsc1-n1c(=O)[nH]c(=O)c2cccnc21. The van der Waals surface area contributed by atoms with Crippen molar-refractivity contribution >= 4 is 22.4 Å². The number of aryl methyl sites for hydroxylation is 1. The Bertz CT molecular complexity index is 844. The van der Waals surface area contributed by atoms with E-state index < -0.39 is 11.2 Å². The van der Waals surface area contributed by atoms with E-state index in [1.807, 2.05) is 18.4 Å². The summed E-state index contributed by atoms with van der Waals surface area (Å²) in [6.45, 7) is 1.91. The van der Waals surface area contributed by atoms with Gasteiger partial charge in [0, 0.05) is 6.20 Å². The number of thiophene rings is 1. The summed E-state index contributed by atoms with van der Waals surface area (Å²) in [5.41, 5.74) is 0.489. The van der Waals surface area contributed by atoms with E-state index in [2.05, 4.69) is 9.97 Å². The zero-order chi connectivity index (χ0) is 12.7. The molecule has 0 atom stereocenters. The van der Waals surface area contributed by atoms with Crippen LogP contribution in [0.2, 0.25) is 0 Å². The number of nitrogens with one attached hydrogen (secondary N) is 1. The van der Waals surface area contributed by atoms with Gasteiger partial charge in [0.1, 0.15) is 5.00 Å². The highest BCUT2D eigenvalue weighted by atomic mass is 32.1. The Kier molecular flexibility index (Phi) is 2.38. The maximum Gasteiger partial charge on any atom is 0.335 e. The zero-order valence-electron chi connectivity index (χ0n) is 9.51. The van der Waals surface area contributed by atoms with Crippen LogP contribution in [0.25, 0.3) is 16.0 Å². The van der Waals surface area contributed by atoms with Gasteiger partial charge in [0.25, 0.3) is 5.56 Å². The van der Waals surface area contributed by atoms with Gasteiger partial charge in [-0.25, -0.2) is 14.3 Å². The minimum Gasteiger partial charge on any atom is -0.273 e. The first-order valence-corrected chi connectivity index (χ1v) is 6.21. The summed E-state index contributed by atoms with van der Waals surface area (Å²) in [5.74, 6) is 0. The summed E-state index contributed by atoms with van der Waals surface area (Å²) in [6.07, 6.45) is 1.57. The lowest BCUT2D eigenvalue weighted by Gasteiger charge is -2.06. The minimum atomic E-state index is -0.461. The molecule has 0 saturated heterocycles. The maximum atomic E-state index is 12.0. The Labute approximate surface area is 105 Å². The van der Waals surface area contributed by atoms with Crippen molar-refractivity contribution in [2.75, 3.05) is 0 Å². The van der Waals surface area contributed by atoms with Crippen molar-refractivity contribution in [3.8, 4) is 5.00 Å². The Balaban J connectivity index is 2.54. The van der Waals surface area contributed by atoms with Crippen molar-refractivity contribution in [2.45, 2.75) is 6.92 Å². The molecule has 0 unspecified atom stereocenters. The molecular formula is C12H9N3O2S. The summed E-state index contributed by atoms with van der Waals surface area (Å²) in [4.78, 5) is 30.1. The quantitative estimate of drug-likeness (QED) is 0.719. The average Bonchev–Trinajstić information content (AvgIpc) is 2.76. The number of H-pyrrole nitrogens is 1. The molecule has 0 aliphatic carbocycles. The van der Waals surface area contributed by atoms with Crippen LogP contribution >= 0.6 is 11.3 Å². The number of nitrogens with zero attached hydrogens (tertiary/aromatic N) is 2. The van der Waals surface area contributed by atoms with Crippen molar-refractivity contribution in [1.82, 2.24) is 14.5 Å². The molecule has 5 nitrogen and oxygen atoms in total. The summed E-state index contributed by atoms with van der Waals surface area (Å²) in [6, 6.07) is 5.25. The van der Waals surface area contributed by atoms with Crippen molar-refractivity contribution in [3.63, 3.8) is 0 Å². The van der Waals surface area contributed by atoms with Gasteiger partial charge in [0.15, 0.2) is 5.65 Å². The van der Waals surface area contributed by atoms with Crippen LogP contribution in [0.5, 0.6) is 0 Å². The van der Waals surface area contributed by atoms with E-state index in [4.69, 9.17) is 0 Å². The molecule has 0 aliphatic heterocycles. The smallest absolute Gasteiger partial charge is 0.273 e. The molecule has 0 aromatic carbocycles. The van der Waals surface area contributed by atoms with E-state index in [0.717, 1.165) is 10.6 Å². The van der Waals surface area contributed by atoms with Crippen LogP contribution in [0, 0.1) is 6.92 Å². The van der Waals surface area contributed by atoms with Crippen molar-refractivity contribution in [3.05, 3.63) is 56.2 Å². The van der Waals surface area contributed by atoms with Crippen LogP contribution in [0.15, 0.2) is 39.4 Å². The van der Waals surface area contributed by atoms with Gasteiger partial charge in [0.05, 0.1) is 5.39 Å². The number of fused-ring (bicyclic) bond motifs is 1. The van der Waals surface area contributed by atoms with E-state index >= 15 is 0 Å². The third kappa shape index (κ3) is 1.50. The van der Waals surface area contributed by atoms with Gasteiger partial charge in [0.2, 0.25) is 0 Å². The van der Waals surface area contributed by atoms with Gasteiger partial charge in [-0.1, -0.05) is 0 Å². The summed E-state index contributed by atoms with van der Waals surface area (Å²) >= 11 is 1.44. The van der Waals surface area contributed by atoms with E-state index in [1.54, 1.807) is 18.3 Å². The normalized spacial score (nSPS) is 10.9. The second-order valence-electron chi connectivity index (χ2n) is 3.88. The Hall–Kier alpha value is -2.21. The molecule has 0 amide bonds. The number of hydrogen-bond donors (Lipinski definition) is 1. The second kappa shape index (κ2) is 3.92. The van der Waals surface area contributed by atoms with E-state index in [9.17, 15) is 9.59 Å². The zero-order valence-corrected chi connectivity index (χ0v) is 10.3. The molecule has 0 radical (unpaired) electrons. The molecule has 0 spiro atoms. The predicted octanol–water partition coefficient (Wildman–Crippen LogP) is 1.44. The highest BCUT2D eigenvalue weighted by Gasteiger charge is 2.12. The predicted molar refractivity (Wildman–Crippen MR) is 70.6 cm³/mol. The van der Waals surface area contributed by atoms with Gasteiger partial charge in [-0.3, -0.25) is 9.78 Å². The Morgan fingerprint density at radius 1 is 1.33 bits per heavy atom. The second-order valence-corrected chi connectivity index (χ2v) is 4.77. The minimum absolute atomic E-state index is 0.386. The monoisotopic (exact) mass is 259 g/mol. The Morgan fingerprint density at radius 3 is 2.89 bits per heavy atom. The third-order valence-corrected chi connectivity index (χ3v) is 3.70. The van der Waals surface area contributed by atoms with Crippen molar-refractivity contribution < 1.29 is 0 Å². The lowest BCUT2D eigenvalue weighted by atomic mass is 10.3. The Morgan fingerprint density at radius 2 is 2.17 bits per heavy atom. The topological polar surface area (TPSA) is 67.8 Å². The molecular weight excluding hydrogens is 250 g/mol. The highest BCUT2D eigenvalue weighted by Crippen LogP contribution is 2.21. The lowest BCUT2D eigenvalue weighted by Crippen LogP contribution is -2.29. The fourth-order valence-electron chi connectivity index (χ4n) is 1.85. The largest absolute Gasteiger partial charge is 0.335 e. The number of hydrogen-bond acceptors (Lipinski definition) is 4. The fraction of sp³-hybridized carbons (Fsp3) is 0.0833. The lowest BCUT2D eigenvalue weighted by molar-refractivity contribution is 0.934.